The molecule has 1 aromatic carbocycles. The Morgan fingerprint density at radius 1 is 1.50 bits per heavy atom. The summed E-state index contributed by atoms with van der Waals surface area (Å²) in [6.45, 7) is 2.38. The Morgan fingerprint density at radius 2 is 2.25 bits per heavy atom. The molecule has 12 heavy (non-hydrogen) atoms. The molecule has 0 amide bonds. The highest BCUT2D eigenvalue weighted by Gasteiger charge is 1.94. The molecule has 0 saturated heterocycles. The Bertz CT molecular complexity index is 333. The van der Waals surface area contributed by atoms with E-state index in [1.807, 2.05) is 25.1 Å². The first-order valence-electron chi connectivity index (χ1n) is 3.69. The van der Waals surface area contributed by atoms with Gasteiger partial charge in [-0.15, -0.1) is 0 Å². The first-order valence-corrected chi connectivity index (χ1v) is 4.07. The van der Waals surface area contributed by atoms with Gasteiger partial charge in [0.25, 0.3) is 0 Å². The molecule has 0 saturated carbocycles. The van der Waals surface area contributed by atoms with Gasteiger partial charge in [-0.1, -0.05) is 29.5 Å². The molecule has 0 fully saturated rings. The molecule has 1 rings (SSSR count). The minimum atomic E-state index is 0.381. The summed E-state index contributed by atoms with van der Waals surface area (Å²) >= 11 is 5.80. The van der Waals surface area contributed by atoms with Gasteiger partial charge in [-0.05, 0) is 24.6 Å². The van der Waals surface area contributed by atoms with Crippen molar-refractivity contribution in [3.05, 3.63) is 34.3 Å². The summed E-state index contributed by atoms with van der Waals surface area (Å²) in [4.78, 5) is 0. The molecule has 0 atom stereocenters. The topological polar surface area (TPSA) is 26.0 Å². The molecule has 1 nitrogen and oxygen atoms in total. The Hall–Kier alpha value is -0.970. The molecule has 0 heterocycles. The number of rotatable bonds is 0. The van der Waals surface area contributed by atoms with Gasteiger partial charge in [0.05, 0.1) is 6.54 Å². The van der Waals surface area contributed by atoms with Crippen molar-refractivity contribution in [2.75, 3.05) is 6.54 Å². The minimum Gasteiger partial charge on any atom is -0.320 e. The minimum absolute atomic E-state index is 0.381. The highest BCUT2D eigenvalue weighted by molar-refractivity contribution is 6.30. The van der Waals surface area contributed by atoms with Crippen molar-refractivity contribution in [1.82, 2.24) is 0 Å². The van der Waals surface area contributed by atoms with Crippen LogP contribution in [0.2, 0.25) is 5.02 Å². The average molecular weight is 180 g/mol. The van der Waals surface area contributed by atoms with Crippen molar-refractivity contribution < 1.29 is 0 Å². The van der Waals surface area contributed by atoms with E-state index >= 15 is 0 Å². The molecule has 0 unspecified atom stereocenters. The van der Waals surface area contributed by atoms with Gasteiger partial charge < -0.3 is 5.73 Å². The maximum absolute atomic E-state index is 5.80. The second kappa shape index (κ2) is 4.15. The fraction of sp³-hybridized carbons (Fsp3) is 0.200. The average Bonchev–Trinajstić information content (AvgIpc) is 2.07. The van der Waals surface area contributed by atoms with Crippen LogP contribution in [0.15, 0.2) is 18.2 Å². The monoisotopic (exact) mass is 179 g/mol. The highest BCUT2D eigenvalue weighted by atomic mass is 35.5. The molecule has 0 aliphatic rings. The van der Waals surface area contributed by atoms with Gasteiger partial charge in [0.2, 0.25) is 0 Å². The summed E-state index contributed by atoms with van der Waals surface area (Å²) in [5, 5.41) is 0.710. The molecule has 2 N–H and O–H groups in total. The van der Waals surface area contributed by atoms with E-state index in [9.17, 15) is 0 Å². The Morgan fingerprint density at radius 3 is 2.92 bits per heavy atom. The van der Waals surface area contributed by atoms with Crippen LogP contribution in [-0.4, -0.2) is 6.54 Å². The van der Waals surface area contributed by atoms with Crippen LogP contribution >= 0.6 is 11.6 Å². The van der Waals surface area contributed by atoms with E-state index < -0.39 is 0 Å². The molecule has 2 heteroatoms. The number of aryl methyl sites for hydroxylation is 1. The Balaban J connectivity index is 3.05. The van der Waals surface area contributed by atoms with E-state index in [-0.39, 0.29) is 0 Å². The summed E-state index contributed by atoms with van der Waals surface area (Å²) in [5.74, 6) is 5.75. The predicted molar refractivity (Wildman–Crippen MR) is 52.1 cm³/mol. The fourth-order valence-corrected chi connectivity index (χ4v) is 1.05. The van der Waals surface area contributed by atoms with Gasteiger partial charge in [0, 0.05) is 10.6 Å². The second-order valence-corrected chi connectivity index (χ2v) is 2.90. The van der Waals surface area contributed by atoms with Crippen molar-refractivity contribution in [2.45, 2.75) is 6.92 Å². The van der Waals surface area contributed by atoms with Crippen LogP contribution in [0.3, 0.4) is 0 Å². The van der Waals surface area contributed by atoms with Gasteiger partial charge >= 0.3 is 0 Å². The SMILES string of the molecule is Cc1ccc(Cl)cc1C#CCN. The molecule has 0 bridgehead atoms. The van der Waals surface area contributed by atoms with Crippen molar-refractivity contribution in [3.8, 4) is 11.8 Å². The van der Waals surface area contributed by atoms with Crippen LogP contribution in [-0.2, 0) is 0 Å². The highest BCUT2D eigenvalue weighted by Crippen LogP contribution is 2.13. The van der Waals surface area contributed by atoms with Gasteiger partial charge in [-0.25, -0.2) is 0 Å². The molecule has 1 aromatic rings. The quantitative estimate of drug-likeness (QED) is 0.606. The van der Waals surface area contributed by atoms with E-state index in [1.165, 1.54) is 0 Å². The summed E-state index contributed by atoms with van der Waals surface area (Å²) in [6, 6.07) is 5.65. The van der Waals surface area contributed by atoms with Crippen molar-refractivity contribution in [3.63, 3.8) is 0 Å². The molecule has 0 radical (unpaired) electrons. The van der Waals surface area contributed by atoms with Crippen LogP contribution in [0.4, 0.5) is 0 Å². The van der Waals surface area contributed by atoms with Crippen LogP contribution < -0.4 is 5.73 Å². The Kier molecular flexibility index (Phi) is 3.16. The van der Waals surface area contributed by atoms with Crippen molar-refractivity contribution in [2.24, 2.45) is 5.73 Å². The third kappa shape index (κ3) is 2.27. The van der Waals surface area contributed by atoms with Crippen LogP contribution in [0.25, 0.3) is 0 Å². The lowest BCUT2D eigenvalue weighted by Gasteiger charge is -1.97. The third-order valence-corrected chi connectivity index (χ3v) is 1.76. The maximum atomic E-state index is 5.80. The van der Waals surface area contributed by atoms with Gasteiger partial charge in [-0.3, -0.25) is 0 Å². The van der Waals surface area contributed by atoms with E-state index in [0.717, 1.165) is 11.1 Å². The number of hydrogen-bond donors (Lipinski definition) is 1. The van der Waals surface area contributed by atoms with Crippen LogP contribution in [0.5, 0.6) is 0 Å². The molecule has 0 aliphatic carbocycles. The largest absolute Gasteiger partial charge is 0.320 e. The zero-order chi connectivity index (χ0) is 8.97. The lowest BCUT2D eigenvalue weighted by Crippen LogP contribution is -1.93. The van der Waals surface area contributed by atoms with E-state index in [1.54, 1.807) is 0 Å². The zero-order valence-corrected chi connectivity index (χ0v) is 7.65. The molecule has 0 aromatic heterocycles. The third-order valence-electron chi connectivity index (χ3n) is 1.52. The number of hydrogen-bond acceptors (Lipinski definition) is 1. The van der Waals surface area contributed by atoms with Gasteiger partial charge in [0.15, 0.2) is 0 Å². The summed E-state index contributed by atoms with van der Waals surface area (Å²) in [7, 11) is 0. The van der Waals surface area contributed by atoms with Crippen molar-refractivity contribution >= 4 is 11.6 Å². The second-order valence-electron chi connectivity index (χ2n) is 2.47. The standard InChI is InChI=1S/C10H10ClN/c1-8-4-5-10(11)7-9(8)3-2-6-12/h4-5,7H,6,12H2,1H3. The summed E-state index contributed by atoms with van der Waals surface area (Å²) in [6.07, 6.45) is 0. The van der Waals surface area contributed by atoms with Crippen LogP contribution in [0, 0.1) is 18.8 Å². The molecule has 0 spiro atoms. The molecular weight excluding hydrogens is 170 g/mol. The summed E-state index contributed by atoms with van der Waals surface area (Å²) < 4.78 is 0. The van der Waals surface area contributed by atoms with Gasteiger partial charge in [0.1, 0.15) is 0 Å². The smallest absolute Gasteiger partial charge is 0.0555 e. The molecular formula is C10H10ClN. The first-order chi connectivity index (χ1) is 5.74. The lowest BCUT2D eigenvalue weighted by molar-refractivity contribution is 1.30. The first kappa shape index (κ1) is 9.12. The Labute approximate surface area is 77.5 Å². The van der Waals surface area contributed by atoms with E-state index in [0.29, 0.717) is 11.6 Å². The van der Waals surface area contributed by atoms with E-state index in [2.05, 4.69) is 11.8 Å². The number of halogens is 1. The number of nitrogens with two attached hydrogens (primary N) is 1. The lowest BCUT2D eigenvalue weighted by atomic mass is 10.1. The summed E-state index contributed by atoms with van der Waals surface area (Å²) in [5.41, 5.74) is 7.34. The van der Waals surface area contributed by atoms with Gasteiger partial charge in [-0.2, -0.15) is 0 Å². The predicted octanol–water partition coefficient (Wildman–Crippen LogP) is 1.96. The van der Waals surface area contributed by atoms with E-state index in [4.69, 9.17) is 17.3 Å². The zero-order valence-electron chi connectivity index (χ0n) is 6.89. The van der Waals surface area contributed by atoms with Crippen LogP contribution in [0.1, 0.15) is 11.1 Å². The fourth-order valence-electron chi connectivity index (χ4n) is 0.875. The normalized spacial score (nSPS) is 8.92. The van der Waals surface area contributed by atoms with Crippen molar-refractivity contribution in [1.29, 1.82) is 0 Å². The molecule has 62 valence electrons. The number of benzene rings is 1. The maximum Gasteiger partial charge on any atom is 0.0555 e. The molecule has 0 aliphatic heterocycles.